The second-order valence-electron chi connectivity index (χ2n) is 5.41. The quantitative estimate of drug-likeness (QED) is 0.774. The van der Waals surface area contributed by atoms with Gasteiger partial charge >= 0.3 is 0 Å². The highest BCUT2D eigenvalue weighted by molar-refractivity contribution is 7.92. The lowest BCUT2D eigenvalue weighted by molar-refractivity contribution is 0.597. The van der Waals surface area contributed by atoms with Gasteiger partial charge in [-0.3, -0.25) is 4.72 Å². The fourth-order valence-electron chi connectivity index (χ4n) is 2.33. The second-order valence-corrected chi connectivity index (χ2v) is 9.11. The monoisotopic (exact) mass is 361 g/mol. The van der Waals surface area contributed by atoms with Crippen LogP contribution in [0, 0.1) is 0 Å². The van der Waals surface area contributed by atoms with Crippen molar-refractivity contribution in [1.29, 1.82) is 0 Å². The minimum atomic E-state index is -3.79. The summed E-state index contributed by atoms with van der Waals surface area (Å²) in [5.74, 6) is 0. The molecule has 3 aromatic carbocycles. The van der Waals surface area contributed by atoms with E-state index in [1.54, 1.807) is 12.1 Å². The Kier molecular flexibility index (Phi) is 4.06. The van der Waals surface area contributed by atoms with Crippen molar-refractivity contribution in [2.45, 2.75) is 9.79 Å². The van der Waals surface area contributed by atoms with Crippen LogP contribution in [-0.4, -0.2) is 23.1 Å². The molecule has 0 aliphatic rings. The van der Waals surface area contributed by atoms with E-state index in [0.29, 0.717) is 5.69 Å². The van der Waals surface area contributed by atoms with Gasteiger partial charge in [-0.25, -0.2) is 16.8 Å². The highest BCUT2D eigenvalue weighted by Gasteiger charge is 2.16. The van der Waals surface area contributed by atoms with E-state index in [1.165, 1.54) is 24.3 Å². The first kappa shape index (κ1) is 16.5. The van der Waals surface area contributed by atoms with Crippen LogP contribution in [0.5, 0.6) is 0 Å². The highest BCUT2D eigenvalue weighted by Crippen LogP contribution is 2.22. The zero-order valence-electron chi connectivity index (χ0n) is 12.8. The fourth-order valence-corrected chi connectivity index (χ4v) is 4.01. The third kappa shape index (κ3) is 3.42. The van der Waals surface area contributed by atoms with Gasteiger partial charge in [0.25, 0.3) is 10.0 Å². The Hall–Kier alpha value is -2.38. The molecule has 0 saturated carbocycles. The minimum Gasteiger partial charge on any atom is -0.280 e. The van der Waals surface area contributed by atoms with Crippen molar-refractivity contribution in [3.8, 4) is 0 Å². The first-order chi connectivity index (χ1) is 11.3. The number of nitrogens with one attached hydrogen (secondary N) is 1. The zero-order chi connectivity index (χ0) is 17.4. The van der Waals surface area contributed by atoms with Crippen LogP contribution in [0.1, 0.15) is 0 Å². The summed E-state index contributed by atoms with van der Waals surface area (Å²) in [4.78, 5) is 0.0789. The molecule has 0 unspecified atom stereocenters. The molecule has 3 rings (SSSR count). The maximum absolute atomic E-state index is 12.4. The van der Waals surface area contributed by atoms with E-state index in [2.05, 4.69) is 4.72 Å². The summed E-state index contributed by atoms with van der Waals surface area (Å²) in [5.41, 5.74) is 0.445. The van der Waals surface area contributed by atoms with Gasteiger partial charge in [-0.1, -0.05) is 30.3 Å². The molecule has 0 heterocycles. The Bertz CT molecular complexity index is 1100. The zero-order valence-corrected chi connectivity index (χ0v) is 14.4. The van der Waals surface area contributed by atoms with Gasteiger partial charge in [-0.05, 0) is 47.2 Å². The van der Waals surface area contributed by atoms with Crippen molar-refractivity contribution in [3.05, 3.63) is 66.7 Å². The van der Waals surface area contributed by atoms with Crippen LogP contribution < -0.4 is 4.72 Å². The van der Waals surface area contributed by atoms with Gasteiger partial charge in [0.1, 0.15) is 0 Å². The van der Waals surface area contributed by atoms with E-state index in [4.69, 9.17) is 0 Å². The molecule has 124 valence electrons. The van der Waals surface area contributed by atoms with Gasteiger partial charge in [0.05, 0.1) is 9.79 Å². The summed E-state index contributed by atoms with van der Waals surface area (Å²) < 4.78 is 50.3. The summed E-state index contributed by atoms with van der Waals surface area (Å²) in [6.07, 6.45) is 1.07. The van der Waals surface area contributed by atoms with Gasteiger partial charge in [-0.15, -0.1) is 0 Å². The molecule has 1 N–H and O–H groups in total. The Morgan fingerprint density at radius 1 is 0.708 bits per heavy atom. The molecule has 0 fully saturated rings. The lowest BCUT2D eigenvalue weighted by Gasteiger charge is -2.09. The molecule has 7 heteroatoms. The second kappa shape index (κ2) is 5.92. The van der Waals surface area contributed by atoms with E-state index >= 15 is 0 Å². The van der Waals surface area contributed by atoms with Crippen molar-refractivity contribution in [3.63, 3.8) is 0 Å². The average molecular weight is 361 g/mol. The molecule has 0 radical (unpaired) electrons. The van der Waals surface area contributed by atoms with Crippen molar-refractivity contribution in [2.75, 3.05) is 11.0 Å². The summed E-state index contributed by atoms with van der Waals surface area (Å²) in [6.45, 7) is 0. The Labute approximate surface area is 140 Å². The van der Waals surface area contributed by atoms with Gasteiger partial charge < -0.3 is 0 Å². The largest absolute Gasteiger partial charge is 0.280 e. The number of sulfonamides is 1. The number of benzene rings is 3. The van der Waals surface area contributed by atoms with Crippen LogP contribution in [0.2, 0.25) is 0 Å². The van der Waals surface area contributed by atoms with Crippen LogP contribution >= 0.6 is 0 Å². The summed E-state index contributed by atoms with van der Waals surface area (Å²) in [6, 6.07) is 18.0. The number of anilines is 1. The average Bonchev–Trinajstić information content (AvgIpc) is 2.54. The predicted octanol–water partition coefficient (Wildman–Crippen LogP) is 3.04. The molecule has 0 aliphatic heterocycles. The first-order valence-electron chi connectivity index (χ1n) is 7.07. The topological polar surface area (TPSA) is 80.3 Å². The van der Waals surface area contributed by atoms with Crippen molar-refractivity contribution >= 4 is 36.3 Å². The Morgan fingerprint density at radius 2 is 1.29 bits per heavy atom. The molecule has 0 amide bonds. The maximum Gasteiger partial charge on any atom is 0.261 e. The van der Waals surface area contributed by atoms with E-state index < -0.39 is 19.9 Å². The highest BCUT2D eigenvalue weighted by atomic mass is 32.2. The van der Waals surface area contributed by atoms with Crippen LogP contribution in [0.25, 0.3) is 10.8 Å². The smallest absolute Gasteiger partial charge is 0.261 e. The minimum absolute atomic E-state index is 0.00283. The third-order valence-electron chi connectivity index (χ3n) is 3.56. The maximum atomic E-state index is 12.4. The van der Waals surface area contributed by atoms with Gasteiger partial charge in [-0.2, -0.15) is 0 Å². The molecule has 24 heavy (non-hydrogen) atoms. The number of sulfone groups is 1. The number of rotatable bonds is 4. The third-order valence-corrected chi connectivity index (χ3v) is 6.09. The summed E-state index contributed by atoms with van der Waals surface area (Å²) in [7, 11) is -7.15. The molecule has 3 aromatic rings. The van der Waals surface area contributed by atoms with Crippen LogP contribution in [0.3, 0.4) is 0 Å². The van der Waals surface area contributed by atoms with Crippen molar-refractivity contribution in [2.24, 2.45) is 0 Å². The number of hydrogen-bond donors (Lipinski definition) is 1. The summed E-state index contributed by atoms with van der Waals surface area (Å²) >= 11 is 0. The molecule has 5 nitrogen and oxygen atoms in total. The first-order valence-corrected chi connectivity index (χ1v) is 10.4. The molecule has 0 saturated heterocycles. The van der Waals surface area contributed by atoms with E-state index in [-0.39, 0.29) is 9.79 Å². The molecule has 0 aromatic heterocycles. The molecular weight excluding hydrogens is 346 g/mol. The van der Waals surface area contributed by atoms with E-state index in [1.807, 2.05) is 30.3 Å². The Morgan fingerprint density at radius 3 is 1.92 bits per heavy atom. The van der Waals surface area contributed by atoms with E-state index in [9.17, 15) is 16.8 Å². The standard InChI is InChI=1S/C17H15NO4S2/c1-23(19,20)16-8-10-17(11-9-16)24(21,22)18-15-7-6-13-4-2-3-5-14(13)12-15/h2-12,18H,1H3. The van der Waals surface area contributed by atoms with Crippen LogP contribution in [-0.2, 0) is 19.9 Å². The molecule has 0 aliphatic carbocycles. The van der Waals surface area contributed by atoms with Crippen molar-refractivity contribution < 1.29 is 16.8 Å². The van der Waals surface area contributed by atoms with Gasteiger partial charge in [0, 0.05) is 11.9 Å². The SMILES string of the molecule is CS(=O)(=O)c1ccc(S(=O)(=O)Nc2ccc3ccccc3c2)cc1. The molecular formula is C17H15NO4S2. The van der Waals surface area contributed by atoms with E-state index in [0.717, 1.165) is 17.0 Å². The van der Waals surface area contributed by atoms with Gasteiger partial charge in [0.2, 0.25) is 0 Å². The predicted molar refractivity (Wildman–Crippen MR) is 94.3 cm³/mol. The summed E-state index contributed by atoms with van der Waals surface area (Å²) in [5, 5.41) is 1.93. The molecule has 0 spiro atoms. The number of fused-ring (bicyclic) bond motifs is 1. The van der Waals surface area contributed by atoms with Crippen molar-refractivity contribution in [1.82, 2.24) is 0 Å². The van der Waals surface area contributed by atoms with Crippen LogP contribution in [0.15, 0.2) is 76.5 Å². The lowest BCUT2D eigenvalue weighted by Crippen LogP contribution is -2.13. The number of hydrogen-bond acceptors (Lipinski definition) is 4. The molecule has 0 bridgehead atoms. The Balaban J connectivity index is 1.92. The van der Waals surface area contributed by atoms with Gasteiger partial charge in [0.15, 0.2) is 9.84 Å². The lowest BCUT2D eigenvalue weighted by atomic mass is 10.1. The normalized spacial score (nSPS) is 12.2. The van der Waals surface area contributed by atoms with Crippen LogP contribution in [0.4, 0.5) is 5.69 Å². The molecule has 0 atom stereocenters. The fraction of sp³-hybridized carbons (Fsp3) is 0.0588.